The second kappa shape index (κ2) is 6.86. The first-order chi connectivity index (χ1) is 11.2. The predicted molar refractivity (Wildman–Crippen MR) is 95.8 cm³/mol. The molecule has 2 heteroatoms. The fourth-order valence-electron chi connectivity index (χ4n) is 3.99. The van der Waals surface area contributed by atoms with E-state index >= 15 is 0 Å². The van der Waals surface area contributed by atoms with Gasteiger partial charge in [-0.3, -0.25) is 4.90 Å². The average Bonchev–Trinajstić information content (AvgIpc) is 3.13. The Hall–Kier alpha value is -1.64. The average molecular weight is 309 g/mol. The van der Waals surface area contributed by atoms with Crippen LogP contribution in [0.15, 0.2) is 54.6 Å². The molecule has 2 aromatic carbocycles. The quantitative estimate of drug-likeness (QED) is 0.909. The van der Waals surface area contributed by atoms with Crippen molar-refractivity contribution < 1.29 is 5.11 Å². The third-order valence-corrected chi connectivity index (χ3v) is 5.51. The van der Waals surface area contributed by atoms with Gasteiger partial charge in [0.1, 0.15) is 0 Å². The summed E-state index contributed by atoms with van der Waals surface area (Å²) < 4.78 is 0. The van der Waals surface area contributed by atoms with Crippen LogP contribution in [0.1, 0.15) is 36.5 Å². The van der Waals surface area contributed by atoms with Crippen molar-refractivity contribution in [3.05, 3.63) is 71.3 Å². The lowest BCUT2D eigenvalue weighted by Gasteiger charge is -2.43. The summed E-state index contributed by atoms with van der Waals surface area (Å²) in [5.41, 5.74) is 3.28. The highest BCUT2D eigenvalue weighted by Gasteiger charge is 2.42. The molecule has 0 spiro atoms. The largest absolute Gasteiger partial charge is 0.395 e. The number of aliphatic hydroxyl groups is 1. The van der Waals surface area contributed by atoms with E-state index in [2.05, 4.69) is 67.3 Å². The lowest BCUT2D eigenvalue weighted by molar-refractivity contribution is 0.118. The van der Waals surface area contributed by atoms with Gasteiger partial charge in [-0.1, -0.05) is 60.2 Å². The van der Waals surface area contributed by atoms with Crippen molar-refractivity contribution in [3.8, 4) is 0 Å². The maximum Gasteiger partial charge on any atom is 0.0585 e. The van der Waals surface area contributed by atoms with E-state index < -0.39 is 0 Å². The summed E-state index contributed by atoms with van der Waals surface area (Å²) in [4.78, 5) is 2.53. The van der Waals surface area contributed by atoms with Crippen LogP contribution in [0.2, 0.25) is 0 Å². The molecule has 2 atom stereocenters. The highest BCUT2D eigenvalue weighted by atomic mass is 16.3. The van der Waals surface area contributed by atoms with Gasteiger partial charge in [-0.25, -0.2) is 0 Å². The summed E-state index contributed by atoms with van der Waals surface area (Å²) in [5.74, 6) is 0. The van der Waals surface area contributed by atoms with Crippen molar-refractivity contribution in [1.29, 1.82) is 0 Å². The molecule has 122 valence electrons. The molecular formula is C21H27NO. The van der Waals surface area contributed by atoms with Crippen LogP contribution in [-0.4, -0.2) is 35.7 Å². The molecule has 2 unspecified atom stereocenters. The Balaban J connectivity index is 2.12. The number of benzene rings is 2. The number of likely N-dealkylation sites (tertiary alicyclic amines) is 1. The number of hydrogen-bond donors (Lipinski definition) is 1. The summed E-state index contributed by atoms with van der Waals surface area (Å²) in [7, 11) is 0. The molecule has 3 rings (SSSR count). The van der Waals surface area contributed by atoms with Gasteiger partial charge in [-0.2, -0.15) is 0 Å². The van der Waals surface area contributed by atoms with E-state index in [9.17, 15) is 5.11 Å². The van der Waals surface area contributed by atoms with E-state index in [0.717, 1.165) is 13.1 Å². The fraction of sp³-hybridized carbons (Fsp3) is 0.429. The van der Waals surface area contributed by atoms with Gasteiger partial charge in [-0.15, -0.1) is 0 Å². The van der Waals surface area contributed by atoms with Crippen molar-refractivity contribution >= 4 is 0 Å². The lowest BCUT2D eigenvalue weighted by Crippen LogP contribution is -2.51. The molecule has 0 aliphatic carbocycles. The summed E-state index contributed by atoms with van der Waals surface area (Å²) in [6.07, 6.45) is 2.52. The predicted octanol–water partition coefficient (Wildman–Crippen LogP) is 3.76. The van der Waals surface area contributed by atoms with Crippen LogP contribution in [0, 0.1) is 6.92 Å². The van der Waals surface area contributed by atoms with Crippen LogP contribution in [0.3, 0.4) is 0 Å². The molecule has 0 amide bonds. The van der Waals surface area contributed by atoms with Crippen LogP contribution in [0.5, 0.6) is 0 Å². The van der Waals surface area contributed by atoms with Gasteiger partial charge >= 0.3 is 0 Å². The van der Waals surface area contributed by atoms with Crippen LogP contribution >= 0.6 is 0 Å². The molecule has 2 aromatic rings. The summed E-state index contributed by atoms with van der Waals surface area (Å²) in [6, 6.07) is 19.4. The molecule has 1 aliphatic rings. The second-order valence-electron chi connectivity index (χ2n) is 6.78. The van der Waals surface area contributed by atoms with Crippen molar-refractivity contribution in [1.82, 2.24) is 4.90 Å². The first-order valence-corrected chi connectivity index (χ1v) is 8.66. The van der Waals surface area contributed by atoms with E-state index in [4.69, 9.17) is 0 Å². The van der Waals surface area contributed by atoms with Gasteiger partial charge in [0, 0.05) is 6.04 Å². The van der Waals surface area contributed by atoms with Crippen LogP contribution < -0.4 is 0 Å². The van der Waals surface area contributed by atoms with Crippen LogP contribution in [0.4, 0.5) is 0 Å². The van der Waals surface area contributed by atoms with E-state index in [1.165, 1.54) is 29.5 Å². The van der Waals surface area contributed by atoms with E-state index in [1.54, 1.807) is 0 Å². The minimum Gasteiger partial charge on any atom is -0.395 e. The smallest absolute Gasteiger partial charge is 0.0585 e. The molecule has 0 bridgehead atoms. The van der Waals surface area contributed by atoms with E-state index in [1.807, 2.05) is 6.07 Å². The van der Waals surface area contributed by atoms with Gasteiger partial charge in [-0.05, 0) is 50.9 Å². The standard InChI is InChI=1S/C21H27NO/c1-17-10-12-20(13-11-17)21(16-23,19-8-4-3-5-9-19)18(2)22-14-6-7-15-22/h3-5,8-13,18,23H,6-7,14-16H2,1-2H3. The normalized spacial score (nSPS) is 19.4. The van der Waals surface area contributed by atoms with E-state index in [0.29, 0.717) is 0 Å². The van der Waals surface area contributed by atoms with Gasteiger partial charge in [0.25, 0.3) is 0 Å². The monoisotopic (exact) mass is 309 g/mol. The highest BCUT2D eigenvalue weighted by molar-refractivity contribution is 5.42. The van der Waals surface area contributed by atoms with Gasteiger partial charge in [0.05, 0.1) is 12.0 Å². The van der Waals surface area contributed by atoms with Gasteiger partial charge in [0.15, 0.2) is 0 Å². The molecule has 0 saturated carbocycles. The zero-order valence-electron chi connectivity index (χ0n) is 14.2. The Morgan fingerprint density at radius 3 is 2.09 bits per heavy atom. The molecule has 1 N–H and O–H groups in total. The number of nitrogens with zero attached hydrogens (tertiary/aromatic N) is 1. The molecule has 0 aromatic heterocycles. The molecule has 1 fully saturated rings. The SMILES string of the molecule is Cc1ccc(C(CO)(c2ccccc2)C(C)N2CCCC2)cc1. The van der Waals surface area contributed by atoms with Crippen LogP contribution in [-0.2, 0) is 5.41 Å². The third-order valence-electron chi connectivity index (χ3n) is 5.51. The highest BCUT2D eigenvalue weighted by Crippen LogP contribution is 2.39. The Morgan fingerprint density at radius 2 is 1.52 bits per heavy atom. The molecule has 0 radical (unpaired) electrons. The zero-order chi connectivity index (χ0) is 16.3. The van der Waals surface area contributed by atoms with Crippen molar-refractivity contribution in [2.75, 3.05) is 19.7 Å². The Kier molecular flexibility index (Phi) is 4.84. The number of aliphatic hydroxyl groups excluding tert-OH is 1. The Bertz CT molecular complexity index is 616. The van der Waals surface area contributed by atoms with Gasteiger partial charge in [0.2, 0.25) is 0 Å². The summed E-state index contributed by atoms with van der Waals surface area (Å²) >= 11 is 0. The molecule has 1 saturated heterocycles. The van der Waals surface area contributed by atoms with Crippen molar-refractivity contribution in [3.63, 3.8) is 0 Å². The molecule has 1 aliphatic heterocycles. The van der Waals surface area contributed by atoms with E-state index in [-0.39, 0.29) is 18.1 Å². The first-order valence-electron chi connectivity index (χ1n) is 8.66. The molecule has 23 heavy (non-hydrogen) atoms. The van der Waals surface area contributed by atoms with Gasteiger partial charge < -0.3 is 5.11 Å². The first kappa shape index (κ1) is 16.2. The minimum absolute atomic E-state index is 0.123. The zero-order valence-corrected chi connectivity index (χ0v) is 14.2. The molecular weight excluding hydrogens is 282 g/mol. The minimum atomic E-state index is -0.376. The number of aryl methyl sites for hydroxylation is 1. The summed E-state index contributed by atoms with van der Waals surface area (Å²) in [6.45, 7) is 6.76. The maximum absolute atomic E-state index is 10.6. The Morgan fingerprint density at radius 1 is 0.957 bits per heavy atom. The van der Waals surface area contributed by atoms with Crippen molar-refractivity contribution in [2.24, 2.45) is 0 Å². The molecule has 1 heterocycles. The number of hydrogen-bond acceptors (Lipinski definition) is 2. The fourth-order valence-corrected chi connectivity index (χ4v) is 3.99. The Labute approximate surface area is 139 Å². The molecule has 2 nitrogen and oxygen atoms in total. The van der Waals surface area contributed by atoms with Crippen LogP contribution in [0.25, 0.3) is 0 Å². The number of rotatable bonds is 5. The second-order valence-corrected chi connectivity index (χ2v) is 6.78. The van der Waals surface area contributed by atoms with Crippen molar-refractivity contribution in [2.45, 2.75) is 38.1 Å². The topological polar surface area (TPSA) is 23.5 Å². The summed E-state index contributed by atoms with van der Waals surface area (Å²) in [5, 5.41) is 10.6. The lowest BCUT2D eigenvalue weighted by atomic mass is 9.69. The third kappa shape index (κ3) is 2.93. The maximum atomic E-state index is 10.6.